The van der Waals surface area contributed by atoms with Crippen molar-refractivity contribution in [3.63, 3.8) is 0 Å². The standard InChI is InChI=1S/C86H164O5/c1-3-5-7-9-11-13-15-17-19-21-23-25-27-29-31-33-35-37-39-41-42-43-45-46-48-50-52-54-56-58-60-62-64-66-68-70-72-74-76-78-80-85(88)90-83-84(82-87)91-86(89)81-79-77-75-73-71-69-67-65-63-61-59-57-55-53-51-49-47-44-40-38-36-34-32-30-28-26-24-22-20-18-16-14-12-10-8-6-4-2/h16,18,22,24,28,30,84,87H,3-15,17,19-21,23,25-27,29,31-83H2,1-2H3/b18-16-,24-22-,30-28-. The summed E-state index contributed by atoms with van der Waals surface area (Å²) in [6.07, 6.45) is 111. The monoisotopic (exact) mass is 1280 g/mol. The number of carbonyl (C=O) groups is 2. The number of carbonyl (C=O) groups excluding carboxylic acids is 2. The summed E-state index contributed by atoms with van der Waals surface area (Å²) >= 11 is 0. The lowest BCUT2D eigenvalue weighted by Crippen LogP contribution is -2.28. The van der Waals surface area contributed by atoms with Gasteiger partial charge in [-0.15, -0.1) is 0 Å². The average molecular weight is 1280 g/mol. The van der Waals surface area contributed by atoms with Crippen molar-refractivity contribution < 1.29 is 24.2 Å². The first kappa shape index (κ1) is 89.1. The summed E-state index contributed by atoms with van der Waals surface area (Å²) < 4.78 is 10.8. The van der Waals surface area contributed by atoms with E-state index in [2.05, 4.69) is 50.3 Å². The minimum absolute atomic E-state index is 0.0579. The first-order valence-electron chi connectivity index (χ1n) is 42.0. The number of hydrogen-bond donors (Lipinski definition) is 1. The Kier molecular flexibility index (Phi) is 80.6. The smallest absolute Gasteiger partial charge is 0.306 e. The summed E-state index contributed by atoms with van der Waals surface area (Å²) in [5, 5.41) is 9.74. The third-order valence-electron chi connectivity index (χ3n) is 19.7. The zero-order chi connectivity index (χ0) is 65.4. The normalized spacial score (nSPS) is 12.3. The molecule has 5 heteroatoms. The maximum Gasteiger partial charge on any atom is 0.306 e. The molecule has 1 unspecified atom stereocenters. The molecule has 0 saturated carbocycles. The maximum absolute atomic E-state index is 12.4. The van der Waals surface area contributed by atoms with Crippen molar-refractivity contribution >= 4 is 11.9 Å². The van der Waals surface area contributed by atoms with Crippen LogP contribution in [-0.2, 0) is 19.1 Å². The van der Waals surface area contributed by atoms with Gasteiger partial charge in [0.05, 0.1) is 6.61 Å². The van der Waals surface area contributed by atoms with Gasteiger partial charge in [0.1, 0.15) is 6.61 Å². The molecule has 0 amide bonds. The van der Waals surface area contributed by atoms with Gasteiger partial charge in [0.2, 0.25) is 0 Å². The highest BCUT2D eigenvalue weighted by Gasteiger charge is 2.16. The van der Waals surface area contributed by atoms with E-state index < -0.39 is 6.10 Å². The molecule has 91 heavy (non-hydrogen) atoms. The number of rotatable bonds is 80. The van der Waals surface area contributed by atoms with E-state index in [-0.39, 0.29) is 25.2 Å². The van der Waals surface area contributed by atoms with Gasteiger partial charge in [-0.05, 0) is 51.4 Å². The number of ether oxygens (including phenoxy) is 2. The Morgan fingerprint density at radius 3 is 0.659 bits per heavy atom. The zero-order valence-corrected chi connectivity index (χ0v) is 62.2. The van der Waals surface area contributed by atoms with Crippen LogP contribution in [0.2, 0.25) is 0 Å². The van der Waals surface area contributed by atoms with Crippen LogP contribution in [-0.4, -0.2) is 36.4 Å². The van der Waals surface area contributed by atoms with Gasteiger partial charge in [0.25, 0.3) is 0 Å². The lowest BCUT2D eigenvalue weighted by atomic mass is 10.0. The molecule has 0 radical (unpaired) electrons. The van der Waals surface area contributed by atoms with Gasteiger partial charge in [0, 0.05) is 12.8 Å². The van der Waals surface area contributed by atoms with Crippen molar-refractivity contribution in [3.05, 3.63) is 36.5 Å². The molecular weight excluding hydrogens is 1110 g/mol. The van der Waals surface area contributed by atoms with Crippen LogP contribution < -0.4 is 0 Å². The third-order valence-corrected chi connectivity index (χ3v) is 19.7. The van der Waals surface area contributed by atoms with E-state index >= 15 is 0 Å². The van der Waals surface area contributed by atoms with E-state index in [0.717, 1.165) is 44.9 Å². The molecule has 0 bridgehead atoms. The molecule has 0 aromatic rings. The molecule has 0 spiro atoms. The van der Waals surface area contributed by atoms with Gasteiger partial charge in [-0.2, -0.15) is 0 Å². The fourth-order valence-corrected chi connectivity index (χ4v) is 13.4. The van der Waals surface area contributed by atoms with Crippen molar-refractivity contribution in [1.82, 2.24) is 0 Å². The fraction of sp³-hybridized carbons (Fsp3) is 0.907. The largest absolute Gasteiger partial charge is 0.462 e. The molecule has 0 aromatic carbocycles. The van der Waals surface area contributed by atoms with Gasteiger partial charge in [0.15, 0.2) is 6.10 Å². The van der Waals surface area contributed by atoms with E-state index in [9.17, 15) is 14.7 Å². The Bertz CT molecular complexity index is 1450. The Morgan fingerprint density at radius 2 is 0.440 bits per heavy atom. The third kappa shape index (κ3) is 80.5. The second-order valence-electron chi connectivity index (χ2n) is 28.9. The fourth-order valence-electron chi connectivity index (χ4n) is 13.4. The van der Waals surface area contributed by atoms with Crippen molar-refractivity contribution in [1.29, 1.82) is 0 Å². The van der Waals surface area contributed by atoms with E-state index in [0.29, 0.717) is 12.8 Å². The van der Waals surface area contributed by atoms with Crippen LogP contribution in [0.1, 0.15) is 483 Å². The minimum atomic E-state index is -0.770. The molecule has 0 aliphatic heterocycles. The minimum Gasteiger partial charge on any atom is -0.462 e. The summed E-state index contributed by atoms with van der Waals surface area (Å²) in [7, 11) is 0. The van der Waals surface area contributed by atoms with Crippen LogP contribution in [0, 0.1) is 0 Å². The van der Waals surface area contributed by atoms with Crippen LogP contribution in [0.5, 0.6) is 0 Å². The summed E-state index contributed by atoms with van der Waals surface area (Å²) in [4.78, 5) is 24.7. The van der Waals surface area contributed by atoms with Crippen LogP contribution in [0.3, 0.4) is 0 Å². The van der Waals surface area contributed by atoms with Gasteiger partial charge < -0.3 is 14.6 Å². The summed E-state index contributed by atoms with van der Waals surface area (Å²) in [6, 6.07) is 0. The molecule has 0 fully saturated rings. The average Bonchev–Trinajstić information content (AvgIpc) is 3.69. The van der Waals surface area contributed by atoms with Crippen LogP contribution >= 0.6 is 0 Å². The highest BCUT2D eigenvalue weighted by Crippen LogP contribution is 2.21. The Balaban J connectivity index is 3.34. The summed E-state index contributed by atoms with van der Waals surface area (Å²) in [6.45, 7) is 4.21. The van der Waals surface area contributed by atoms with Crippen molar-refractivity contribution in [3.8, 4) is 0 Å². The molecule has 1 atom stereocenters. The van der Waals surface area contributed by atoms with Gasteiger partial charge >= 0.3 is 11.9 Å². The quantitative estimate of drug-likeness (QED) is 0.0373. The Morgan fingerprint density at radius 1 is 0.253 bits per heavy atom. The van der Waals surface area contributed by atoms with Gasteiger partial charge in [-0.3, -0.25) is 9.59 Å². The highest BCUT2D eigenvalue weighted by molar-refractivity contribution is 5.70. The Hall–Kier alpha value is -1.88. The summed E-state index contributed by atoms with van der Waals surface area (Å²) in [5.74, 6) is -0.560. The number of aliphatic hydroxyl groups is 1. The highest BCUT2D eigenvalue weighted by atomic mass is 16.6. The van der Waals surface area contributed by atoms with Crippen molar-refractivity contribution in [2.75, 3.05) is 13.2 Å². The molecule has 0 rings (SSSR count). The van der Waals surface area contributed by atoms with Gasteiger partial charge in [-0.25, -0.2) is 0 Å². The maximum atomic E-state index is 12.4. The SMILES string of the molecule is CCCCCCC/C=C\C/C=C\C/C=C\CCCCCCCCCCCCCCCCCCCCCCCCC(=O)OC(CO)COC(=O)CCCCCCCCCCCCCCCCCCCCCCCCCCCCCCCCCCCCCCCCCC. The number of esters is 2. The second kappa shape index (κ2) is 82.4. The summed E-state index contributed by atoms with van der Waals surface area (Å²) in [5.41, 5.74) is 0. The van der Waals surface area contributed by atoms with Crippen molar-refractivity contribution in [2.24, 2.45) is 0 Å². The first-order chi connectivity index (χ1) is 45.1. The molecule has 538 valence electrons. The predicted molar refractivity (Wildman–Crippen MR) is 404 cm³/mol. The molecule has 0 aliphatic carbocycles. The molecule has 0 saturated heterocycles. The van der Waals surface area contributed by atoms with E-state index in [4.69, 9.17) is 9.47 Å². The topological polar surface area (TPSA) is 72.8 Å². The van der Waals surface area contributed by atoms with Crippen LogP contribution in [0.25, 0.3) is 0 Å². The second-order valence-corrected chi connectivity index (χ2v) is 28.9. The van der Waals surface area contributed by atoms with E-state index in [1.807, 2.05) is 0 Å². The zero-order valence-electron chi connectivity index (χ0n) is 62.2. The molecule has 0 heterocycles. The van der Waals surface area contributed by atoms with Gasteiger partial charge in [-0.1, -0.05) is 455 Å². The number of allylic oxidation sites excluding steroid dienone is 6. The van der Waals surface area contributed by atoms with E-state index in [1.165, 1.54) is 411 Å². The number of aliphatic hydroxyl groups excluding tert-OH is 1. The van der Waals surface area contributed by atoms with E-state index in [1.54, 1.807) is 0 Å². The van der Waals surface area contributed by atoms with Crippen LogP contribution in [0.15, 0.2) is 36.5 Å². The molecule has 5 nitrogen and oxygen atoms in total. The van der Waals surface area contributed by atoms with Crippen molar-refractivity contribution in [2.45, 2.75) is 489 Å². The number of hydrogen-bond acceptors (Lipinski definition) is 5. The lowest BCUT2D eigenvalue weighted by molar-refractivity contribution is -0.161. The molecule has 0 aromatic heterocycles. The molecule has 1 N–H and O–H groups in total. The molecular formula is C86H164O5. The molecule has 0 aliphatic rings. The first-order valence-corrected chi connectivity index (χ1v) is 42.0. The van der Waals surface area contributed by atoms with Crippen LogP contribution in [0.4, 0.5) is 0 Å². The number of unbranched alkanes of at least 4 members (excludes halogenated alkanes) is 66. The Labute approximate surface area is 571 Å². The predicted octanol–water partition coefficient (Wildman–Crippen LogP) is 29.6. The lowest BCUT2D eigenvalue weighted by Gasteiger charge is -2.15.